The van der Waals surface area contributed by atoms with Gasteiger partial charge in [0.25, 0.3) is 5.56 Å². The Morgan fingerprint density at radius 3 is 2.12 bits per heavy atom. The molecule has 2 N–H and O–H groups in total. The lowest BCUT2D eigenvalue weighted by Crippen LogP contribution is -2.51. The van der Waals surface area contributed by atoms with Crippen LogP contribution in [-0.4, -0.2) is 51.3 Å². The average molecular weight is 596 g/mol. The largest absolute Gasteiger partial charge is 0.444 e. The minimum atomic E-state index is -0.993. The molecule has 0 bridgehead atoms. The standard InChI is InChI=1S/C28H39ClFN5O6/c1-26(2,3)40-23(37)31-28(7,8)15-11-12-33(14-15)21-18(30)13-17-20(19(21)29)34(16-9-10-16)25(39)35(22(17)36)32-24(38)41-27(4,5)6/h13,15-16H,9-12,14H2,1-8H3,(H,31,37)(H,32,38). The fourth-order valence-electron chi connectivity index (χ4n) is 5.08. The average Bonchev–Trinajstić information content (AvgIpc) is 3.50. The van der Waals surface area contributed by atoms with E-state index in [0.29, 0.717) is 37.0 Å². The second-order valence-electron chi connectivity index (χ2n) is 13.3. The monoisotopic (exact) mass is 595 g/mol. The summed E-state index contributed by atoms with van der Waals surface area (Å²) < 4.78 is 28.2. The number of benzene rings is 1. The van der Waals surface area contributed by atoms with Gasteiger partial charge in [0.05, 0.1) is 21.6 Å². The number of carbonyl (C=O) groups is 2. The number of nitrogens with zero attached hydrogens (tertiary/aromatic N) is 3. The summed E-state index contributed by atoms with van der Waals surface area (Å²) in [6, 6.07) is 0.804. The molecule has 2 heterocycles. The van der Waals surface area contributed by atoms with Gasteiger partial charge in [0.2, 0.25) is 0 Å². The van der Waals surface area contributed by atoms with Gasteiger partial charge in [-0.1, -0.05) is 11.6 Å². The number of ether oxygens (including phenoxy) is 2. The molecule has 2 aromatic rings. The van der Waals surface area contributed by atoms with Gasteiger partial charge in [-0.25, -0.2) is 24.2 Å². The molecule has 2 aliphatic rings. The molecule has 1 aromatic carbocycles. The number of nitrogens with one attached hydrogen (secondary N) is 2. The molecular weight excluding hydrogens is 557 g/mol. The Morgan fingerprint density at radius 1 is 0.976 bits per heavy atom. The van der Waals surface area contributed by atoms with E-state index in [0.717, 1.165) is 6.07 Å². The van der Waals surface area contributed by atoms with Gasteiger partial charge >= 0.3 is 17.9 Å². The van der Waals surface area contributed by atoms with Crippen molar-refractivity contribution in [2.45, 2.75) is 97.4 Å². The van der Waals surface area contributed by atoms with Crippen LogP contribution in [-0.2, 0) is 9.47 Å². The summed E-state index contributed by atoms with van der Waals surface area (Å²) in [4.78, 5) is 53.4. The highest BCUT2D eigenvalue weighted by Gasteiger charge is 2.39. The van der Waals surface area contributed by atoms with Crippen molar-refractivity contribution in [3.8, 4) is 0 Å². The molecule has 1 unspecified atom stereocenters. The van der Waals surface area contributed by atoms with E-state index >= 15 is 4.39 Å². The first-order valence-electron chi connectivity index (χ1n) is 13.7. The van der Waals surface area contributed by atoms with Gasteiger partial charge in [0, 0.05) is 30.6 Å². The van der Waals surface area contributed by atoms with Gasteiger partial charge in [-0.3, -0.25) is 9.36 Å². The van der Waals surface area contributed by atoms with Crippen LogP contribution in [0.15, 0.2) is 15.7 Å². The second-order valence-corrected chi connectivity index (χ2v) is 13.7. The van der Waals surface area contributed by atoms with Crippen LogP contribution in [0.4, 0.5) is 19.7 Å². The maximum Gasteiger partial charge on any atom is 0.427 e. The number of hydrogen-bond donors (Lipinski definition) is 2. The van der Waals surface area contributed by atoms with Crippen LogP contribution in [0.3, 0.4) is 0 Å². The van der Waals surface area contributed by atoms with Crippen LogP contribution >= 0.6 is 11.6 Å². The molecule has 226 valence electrons. The summed E-state index contributed by atoms with van der Waals surface area (Å²) in [5, 5.41) is 2.73. The minimum absolute atomic E-state index is 0.0518. The summed E-state index contributed by atoms with van der Waals surface area (Å²) in [5.74, 6) is -0.805. The fourth-order valence-corrected chi connectivity index (χ4v) is 5.48. The van der Waals surface area contributed by atoms with Crippen LogP contribution in [0.1, 0.15) is 80.7 Å². The molecule has 11 nitrogen and oxygen atoms in total. The van der Waals surface area contributed by atoms with E-state index in [1.54, 1.807) is 46.4 Å². The van der Waals surface area contributed by atoms with Crippen molar-refractivity contribution in [2.24, 2.45) is 5.92 Å². The molecular formula is C28H39ClFN5O6. The second kappa shape index (κ2) is 10.5. The molecule has 1 aromatic heterocycles. The minimum Gasteiger partial charge on any atom is -0.444 e. The number of fused-ring (bicyclic) bond motifs is 1. The third-order valence-corrected chi connectivity index (χ3v) is 7.46. The number of aromatic nitrogens is 2. The summed E-state index contributed by atoms with van der Waals surface area (Å²) in [6.45, 7) is 14.9. The Kier molecular flexibility index (Phi) is 7.87. The van der Waals surface area contributed by atoms with E-state index in [4.69, 9.17) is 21.1 Å². The lowest BCUT2D eigenvalue weighted by atomic mass is 9.87. The van der Waals surface area contributed by atoms with Gasteiger partial charge in [-0.05, 0) is 80.7 Å². The van der Waals surface area contributed by atoms with Crippen LogP contribution < -0.4 is 26.9 Å². The zero-order valence-corrected chi connectivity index (χ0v) is 25.6. The molecule has 41 heavy (non-hydrogen) atoms. The van der Waals surface area contributed by atoms with E-state index in [2.05, 4.69) is 10.7 Å². The fraction of sp³-hybridized carbons (Fsp3) is 0.643. The van der Waals surface area contributed by atoms with E-state index in [1.165, 1.54) is 4.57 Å². The lowest BCUT2D eigenvalue weighted by molar-refractivity contribution is 0.0441. The van der Waals surface area contributed by atoms with Crippen molar-refractivity contribution in [1.29, 1.82) is 0 Å². The summed E-state index contributed by atoms with van der Waals surface area (Å²) >= 11 is 6.82. The highest BCUT2D eigenvalue weighted by Crippen LogP contribution is 2.42. The molecule has 0 radical (unpaired) electrons. The maximum atomic E-state index is 15.7. The Labute approximate surface area is 242 Å². The number of alkyl carbamates (subject to hydrolysis) is 1. The predicted molar refractivity (Wildman–Crippen MR) is 155 cm³/mol. The van der Waals surface area contributed by atoms with Gasteiger partial charge in [0.1, 0.15) is 17.0 Å². The highest BCUT2D eigenvalue weighted by atomic mass is 35.5. The zero-order valence-electron chi connectivity index (χ0n) is 24.8. The molecule has 0 spiro atoms. The SMILES string of the molecule is CC(C)(C)OC(=O)Nn1c(=O)c2cc(F)c(N3CCC(C(C)(C)NC(=O)OC(C)(C)C)C3)c(Cl)c2n(C2CC2)c1=O. The Morgan fingerprint density at radius 2 is 1.56 bits per heavy atom. The van der Waals surface area contributed by atoms with E-state index < -0.39 is 46.0 Å². The van der Waals surface area contributed by atoms with E-state index in [1.807, 2.05) is 13.8 Å². The number of amides is 2. The van der Waals surface area contributed by atoms with Crippen molar-refractivity contribution in [3.05, 3.63) is 37.7 Å². The first kappa shape index (κ1) is 30.7. The zero-order chi connectivity index (χ0) is 30.7. The molecule has 4 rings (SSSR count). The van der Waals surface area contributed by atoms with Gasteiger partial charge in [0.15, 0.2) is 0 Å². The van der Waals surface area contributed by atoms with Gasteiger partial charge < -0.3 is 19.7 Å². The van der Waals surface area contributed by atoms with Crippen LogP contribution in [0, 0.1) is 11.7 Å². The molecule has 1 aliphatic heterocycles. The van der Waals surface area contributed by atoms with Gasteiger partial charge in [-0.2, -0.15) is 4.68 Å². The number of anilines is 1. The molecule has 1 saturated heterocycles. The Hall–Kier alpha value is -3.28. The molecule has 2 fully saturated rings. The first-order chi connectivity index (χ1) is 18.8. The van der Waals surface area contributed by atoms with Crippen LogP contribution in [0.2, 0.25) is 5.02 Å². The number of rotatable bonds is 5. The normalized spacial score (nSPS) is 18.0. The van der Waals surface area contributed by atoms with Crippen molar-refractivity contribution < 1.29 is 23.5 Å². The van der Waals surface area contributed by atoms with Gasteiger partial charge in [-0.15, -0.1) is 0 Å². The third kappa shape index (κ3) is 6.63. The number of halogens is 2. The maximum absolute atomic E-state index is 15.7. The number of hydrogen-bond acceptors (Lipinski definition) is 7. The number of carbonyl (C=O) groups excluding carboxylic acids is 2. The molecule has 1 aliphatic carbocycles. The van der Waals surface area contributed by atoms with Crippen LogP contribution in [0.5, 0.6) is 0 Å². The molecule has 1 atom stereocenters. The predicted octanol–water partition coefficient (Wildman–Crippen LogP) is 4.90. The van der Waals surface area contributed by atoms with E-state index in [-0.39, 0.29) is 33.6 Å². The van der Waals surface area contributed by atoms with Crippen LogP contribution in [0.25, 0.3) is 10.9 Å². The molecule has 1 saturated carbocycles. The summed E-state index contributed by atoms with van der Waals surface area (Å²) in [6.07, 6.45) is 0.429. The Bertz CT molecular complexity index is 1500. The van der Waals surface area contributed by atoms with E-state index in [9.17, 15) is 19.2 Å². The third-order valence-electron chi connectivity index (χ3n) is 7.10. The van der Waals surface area contributed by atoms with Crippen molar-refractivity contribution in [2.75, 3.05) is 23.4 Å². The summed E-state index contributed by atoms with van der Waals surface area (Å²) in [7, 11) is 0. The topological polar surface area (TPSA) is 124 Å². The van der Waals surface area contributed by atoms with Crippen molar-refractivity contribution in [1.82, 2.24) is 14.6 Å². The van der Waals surface area contributed by atoms with Crippen molar-refractivity contribution in [3.63, 3.8) is 0 Å². The quantitative estimate of drug-likeness (QED) is 0.504. The molecule has 13 heteroatoms. The summed E-state index contributed by atoms with van der Waals surface area (Å²) in [5.41, 5.74) is -1.49. The Balaban J connectivity index is 1.71. The lowest BCUT2D eigenvalue weighted by Gasteiger charge is -2.34. The smallest absolute Gasteiger partial charge is 0.427 e. The highest BCUT2D eigenvalue weighted by molar-refractivity contribution is 6.38. The van der Waals surface area contributed by atoms with Crippen molar-refractivity contribution >= 4 is 40.4 Å². The molecule has 2 amide bonds. The first-order valence-corrected chi connectivity index (χ1v) is 14.1.